The summed E-state index contributed by atoms with van der Waals surface area (Å²) in [6.07, 6.45) is 2.99. The Morgan fingerprint density at radius 3 is 2.93 bits per heavy atom. The molecule has 0 fully saturated rings. The van der Waals surface area contributed by atoms with Crippen LogP contribution in [0.1, 0.15) is 5.56 Å². The number of hydrogen-bond acceptors (Lipinski definition) is 3. The molecule has 2 aromatic rings. The van der Waals surface area contributed by atoms with Crippen molar-refractivity contribution >= 4 is 15.9 Å². The molecule has 0 saturated heterocycles. The van der Waals surface area contributed by atoms with E-state index in [0.29, 0.717) is 5.56 Å². The molecule has 0 aliphatic heterocycles. The van der Waals surface area contributed by atoms with E-state index in [0.717, 1.165) is 10.2 Å². The van der Waals surface area contributed by atoms with Crippen LogP contribution in [-0.2, 0) is 0 Å². The standard InChI is InChI=1S/C9H5BrN4/c10-8-1-2-9(7(3-8)4-11)14-6-12-5-13-14/h1-3,5-6H. The highest BCUT2D eigenvalue weighted by molar-refractivity contribution is 9.10. The van der Waals surface area contributed by atoms with E-state index in [4.69, 9.17) is 5.26 Å². The number of rotatable bonds is 1. The van der Waals surface area contributed by atoms with Crippen LogP contribution in [0.15, 0.2) is 35.3 Å². The number of aromatic nitrogens is 3. The maximum atomic E-state index is 8.91. The van der Waals surface area contributed by atoms with Crippen LogP contribution in [0.25, 0.3) is 5.69 Å². The first-order valence-corrected chi connectivity index (χ1v) is 4.65. The molecule has 0 aliphatic rings. The van der Waals surface area contributed by atoms with Crippen molar-refractivity contribution in [3.8, 4) is 11.8 Å². The Bertz CT molecular complexity index is 484. The number of hydrogen-bond donors (Lipinski definition) is 0. The van der Waals surface area contributed by atoms with Gasteiger partial charge < -0.3 is 0 Å². The third-order valence-electron chi connectivity index (χ3n) is 1.74. The first kappa shape index (κ1) is 8.91. The zero-order valence-corrected chi connectivity index (χ0v) is 8.64. The molecule has 1 heterocycles. The molecule has 0 spiro atoms. The van der Waals surface area contributed by atoms with Gasteiger partial charge in [0.15, 0.2) is 0 Å². The van der Waals surface area contributed by atoms with Crippen molar-refractivity contribution in [2.24, 2.45) is 0 Å². The highest BCUT2D eigenvalue weighted by Crippen LogP contribution is 2.18. The SMILES string of the molecule is N#Cc1cc(Br)ccc1-n1cncn1. The number of nitriles is 1. The summed E-state index contributed by atoms with van der Waals surface area (Å²) in [5, 5.41) is 12.9. The fourth-order valence-electron chi connectivity index (χ4n) is 1.13. The van der Waals surface area contributed by atoms with Gasteiger partial charge in [-0.1, -0.05) is 15.9 Å². The van der Waals surface area contributed by atoms with Crippen LogP contribution >= 0.6 is 15.9 Å². The molecule has 1 aromatic heterocycles. The zero-order valence-electron chi connectivity index (χ0n) is 7.05. The largest absolute Gasteiger partial charge is 0.223 e. The number of halogens is 1. The van der Waals surface area contributed by atoms with Gasteiger partial charge in [-0.3, -0.25) is 0 Å². The number of nitrogens with zero attached hydrogens (tertiary/aromatic N) is 4. The molecule has 5 heteroatoms. The number of benzene rings is 1. The highest BCUT2D eigenvalue weighted by Gasteiger charge is 2.04. The third-order valence-corrected chi connectivity index (χ3v) is 2.24. The molecule has 0 atom stereocenters. The van der Waals surface area contributed by atoms with E-state index >= 15 is 0 Å². The quantitative estimate of drug-likeness (QED) is 0.775. The molecular weight excluding hydrogens is 244 g/mol. The first-order valence-electron chi connectivity index (χ1n) is 3.86. The summed E-state index contributed by atoms with van der Waals surface area (Å²) in [4.78, 5) is 3.83. The maximum Gasteiger partial charge on any atom is 0.138 e. The molecule has 0 N–H and O–H groups in total. The lowest BCUT2D eigenvalue weighted by molar-refractivity contribution is 0.875. The van der Waals surface area contributed by atoms with Gasteiger partial charge in [-0.15, -0.1) is 0 Å². The lowest BCUT2D eigenvalue weighted by Gasteiger charge is -2.02. The van der Waals surface area contributed by atoms with Crippen molar-refractivity contribution in [3.63, 3.8) is 0 Å². The summed E-state index contributed by atoms with van der Waals surface area (Å²) in [5.74, 6) is 0. The fraction of sp³-hybridized carbons (Fsp3) is 0. The Balaban J connectivity index is 2.60. The van der Waals surface area contributed by atoms with Gasteiger partial charge >= 0.3 is 0 Å². The molecular formula is C9H5BrN4. The fourth-order valence-corrected chi connectivity index (χ4v) is 1.49. The Morgan fingerprint density at radius 2 is 2.29 bits per heavy atom. The summed E-state index contributed by atoms with van der Waals surface area (Å²) in [6, 6.07) is 7.53. The second-order valence-electron chi connectivity index (χ2n) is 2.61. The zero-order chi connectivity index (χ0) is 9.97. The van der Waals surface area contributed by atoms with Gasteiger partial charge in [0.05, 0.1) is 11.3 Å². The van der Waals surface area contributed by atoms with Gasteiger partial charge in [0, 0.05) is 4.47 Å². The first-order chi connectivity index (χ1) is 6.81. The van der Waals surface area contributed by atoms with Crippen LogP contribution in [0.2, 0.25) is 0 Å². The summed E-state index contributed by atoms with van der Waals surface area (Å²) < 4.78 is 2.43. The van der Waals surface area contributed by atoms with Crippen LogP contribution < -0.4 is 0 Å². The van der Waals surface area contributed by atoms with Crippen LogP contribution in [0.3, 0.4) is 0 Å². The average molecular weight is 249 g/mol. The molecule has 0 amide bonds. The van der Waals surface area contributed by atoms with Gasteiger partial charge in [0.1, 0.15) is 18.7 Å². The van der Waals surface area contributed by atoms with Gasteiger partial charge in [0.25, 0.3) is 0 Å². The van der Waals surface area contributed by atoms with E-state index in [9.17, 15) is 0 Å². The van der Waals surface area contributed by atoms with Gasteiger partial charge in [-0.05, 0) is 18.2 Å². The van der Waals surface area contributed by atoms with E-state index < -0.39 is 0 Å². The topological polar surface area (TPSA) is 54.5 Å². The monoisotopic (exact) mass is 248 g/mol. The molecule has 0 saturated carbocycles. The van der Waals surface area contributed by atoms with E-state index in [1.165, 1.54) is 6.33 Å². The molecule has 1 aromatic carbocycles. The molecule has 0 aliphatic carbocycles. The van der Waals surface area contributed by atoms with Crippen molar-refractivity contribution in [2.75, 3.05) is 0 Å². The van der Waals surface area contributed by atoms with Crippen molar-refractivity contribution in [1.29, 1.82) is 5.26 Å². The van der Waals surface area contributed by atoms with Crippen molar-refractivity contribution in [3.05, 3.63) is 40.9 Å². The summed E-state index contributed by atoms with van der Waals surface area (Å²) >= 11 is 3.30. The molecule has 68 valence electrons. The van der Waals surface area contributed by atoms with Crippen LogP contribution in [-0.4, -0.2) is 14.8 Å². The minimum absolute atomic E-state index is 0.560. The second-order valence-corrected chi connectivity index (χ2v) is 3.53. The maximum absolute atomic E-state index is 8.91. The molecule has 0 bridgehead atoms. The van der Waals surface area contributed by atoms with E-state index in [1.54, 1.807) is 17.1 Å². The van der Waals surface area contributed by atoms with E-state index in [1.807, 2.05) is 12.1 Å². The smallest absolute Gasteiger partial charge is 0.138 e. The van der Waals surface area contributed by atoms with Gasteiger partial charge in [-0.2, -0.15) is 10.4 Å². The lowest BCUT2D eigenvalue weighted by atomic mass is 10.2. The van der Waals surface area contributed by atoms with Gasteiger partial charge in [-0.25, -0.2) is 9.67 Å². The Kier molecular flexibility index (Phi) is 2.29. The predicted molar refractivity (Wildman–Crippen MR) is 53.8 cm³/mol. The Morgan fingerprint density at radius 1 is 1.43 bits per heavy atom. The second kappa shape index (κ2) is 3.60. The van der Waals surface area contributed by atoms with E-state index in [-0.39, 0.29) is 0 Å². The minimum atomic E-state index is 0.560. The lowest BCUT2D eigenvalue weighted by Crippen LogP contribution is -1.97. The van der Waals surface area contributed by atoms with Crippen molar-refractivity contribution in [2.45, 2.75) is 0 Å². The van der Waals surface area contributed by atoms with Gasteiger partial charge in [0.2, 0.25) is 0 Å². The van der Waals surface area contributed by atoms with Crippen LogP contribution in [0, 0.1) is 11.3 Å². The molecule has 0 radical (unpaired) electrons. The van der Waals surface area contributed by atoms with Crippen LogP contribution in [0.5, 0.6) is 0 Å². The summed E-state index contributed by atoms with van der Waals surface area (Å²) in [5.41, 5.74) is 1.29. The molecule has 2 rings (SSSR count). The molecule has 0 unspecified atom stereocenters. The third kappa shape index (κ3) is 1.52. The Labute approximate surface area is 88.9 Å². The summed E-state index contributed by atoms with van der Waals surface area (Å²) in [7, 11) is 0. The predicted octanol–water partition coefficient (Wildman–Crippen LogP) is 1.90. The minimum Gasteiger partial charge on any atom is -0.223 e. The van der Waals surface area contributed by atoms with Crippen molar-refractivity contribution in [1.82, 2.24) is 14.8 Å². The summed E-state index contributed by atoms with van der Waals surface area (Å²) in [6.45, 7) is 0. The average Bonchev–Trinajstić information content (AvgIpc) is 2.70. The highest BCUT2D eigenvalue weighted by atomic mass is 79.9. The van der Waals surface area contributed by atoms with Crippen LogP contribution in [0.4, 0.5) is 0 Å². The van der Waals surface area contributed by atoms with Crippen molar-refractivity contribution < 1.29 is 0 Å². The molecule has 4 nitrogen and oxygen atoms in total. The van der Waals surface area contributed by atoms with E-state index in [2.05, 4.69) is 32.1 Å². The molecule has 14 heavy (non-hydrogen) atoms. The Hall–Kier alpha value is -1.67. The normalized spacial score (nSPS) is 9.71.